The molecule has 0 bridgehead atoms. The average Bonchev–Trinajstić information content (AvgIpc) is 2.46. The first-order valence-electron chi connectivity index (χ1n) is 7.42. The number of nitrogens with zero attached hydrogens (tertiary/aromatic N) is 1. The van der Waals surface area contributed by atoms with Crippen molar-refractivity contribution in [2.45, 2.75) is 44.2 Å². The number of nitrogens with one attached hydrogen (secondary N) is 1. The molecular weight excluding hydrogens is 288 g/mol. The Morgan fingerprint density at radius 2 is 2.14 bits per heavy atom. The Morgan fingerprint density at radius 3 is 2.81 bits per heavy atom. The van der Waals surface area contributed by atoms with Gasteiger partial charge in [0.2, 0.25) is 10.0 Å². The molecule has 118 valence electrons. The zero-order chi connectivity index (χ0) is 15.5. The van der Waals surface area contributed by atoms with Crippen molar-refractivity contribution in [3.8, 4) is 0 Å². The molecule has 2 rings (SSSR count). The van der Waals surface area contributed by atoms with E-state index in [0.717, 1.165) is 30.6 Å². The van der Waals surface area contributed by atoms with Gasteiger partial charge in [-0.25, -0.2) is 8.42 Å². The Balaban J connectivity index is 2.42. The van der Waals surface area contributed by atoms with E-state index in [2.05, 4.69) is 5.32 Å². The van der Waals surface area contributed by atoms with E-state index in [1.54, 1.807) is 6.07 Å². The van der Waals surface area contributed by atoms with Crippen molar-refractivity contribution in [1.29, 1.82) is 0 Å². The van der Waals surface area contributed by atoms with Crippen molar-refractivity contribution in [2.75, 3.05) is 19.7 Å². The monoisotopic (exact) mass is 312 g/mol. The molecule has 0 radical (unpaired) electrons. The Hall–Kier alpha value is -0.950. The smallest absolute Gasteiger partial charge is 0.243 e. The van der Waals surface area contributed by atoms with E-state index >= 15 is 0 Å². The third-order valence-corrected chi connectivity index (χ3v) is 5.96. The largest absolute Gasteiger partial charge is 0.396 e. The van der Waals surface area contributed by atoms with Crippen molar-refractivity contribution in [1.82, 2.24) is 9.62 Å². The van der Waals surface area contributed by atoms with Crippen LogP contribution in [-0.2, 0) is 23.0 Å². The number of sulfonamides is 1. The van der Waals surface area contributed by atoms with E-state index in [0.29, 0.717) is 17.9 Å². The quantitative estimate of drug-likeness (QED) is 0.826. The lowest BCUT2D eigenvalue weighted by atomic mass is 10.0. The zero-order valence-corrected chi connectivity index (χ0v) is 13.5. The number of aliphatic hydroxyl groups is 1. The molecule has 1 heterocycles. The van der Waals surface area contributed by atoms with Crippen LogP contribution in [0.15, 0.2) is 23.1 Å². The third-order valence-electron chi connectivity index (χ3n) is 3.80. The Kier molecular flexibility index (Phi) is 5.37. The van der Waals surface area contributed by atoms with E-state index in [-0.39, 0.29) is 12.6 Å². The van der Waals surface area contributed by atoms with Gasteiger partial charge in [-0.2, -0.15) is 4.31 Å². The van der Waals surface area contributed by atoms with E-state index in [1.807, 2.05) is 26.0 Å². The summed E-state index contributed by atoms with van der Waals surface area (Å²) in [5.74, 6) is 0. The highest BCUT2D eigenvalue weighted by Crippen LogP contribution is 2.26. The van der Waals surface area contributed by atoms with Gasteiger partial charge in [-0.05, 0) is 50.4 Å². The van der Waals surface area contributed by atoms with Gasteiger partial charge < -0.3 is 10.4 Å². The molecule has 0 unspecified atom stereocenters. The van der Waals surface area contributed by atoms with Gasteiger partial charge in [-0.3, -0.25) is 0 Å². The van der Waals surface area contributed by atoms with Gasteiger partial charge in [-0.1, -0.05) is 12.1 Å². The van der Waals surface area contributed by atoms with Crippen molar-refractivity contribution in [3.05, 3.63) is 29.3 Å². The highest BCUT2D eigenvalue weighted by Gasteiger charge is 2.30. The lowest BCUT2D eigenvalue weighted by Crippen LogP contribution is -2.39. The SMILES string of the molecule is CC(C)N(CCCO)S(=O)(=O)c1cccc2c1CCNC2. The van der Waals surface area contributed by atoms with Crippen LogP contribution in [0.25, 0.3) is 0 Å². The minimum atomic E-state index is -3.52. The number of fused-ring (bicyclic) bond motifs is 1. The normalized spacial score (nSPS) is 15.5. The highest BCUT2D eigenvalue weighted by molar-refractivity contribution is 7.89. The van der Waals surface area contributed by atoms with Crippen LogP contribution in [0.3, 0.4) is 0 Å². The molecule has 0 aliphatic carbocycles. The van der Waals surface area contributed by atoms with Crippen molar-refractivity contribution >= 4 is 10.0 Å². The Labute approximate surface area is 127 Å². The van der Waals surface area contributed by atoms with Crippen LogP contribution in [-0.4, -0.2) is 43.6 Å². The molecule has 1 aromatic rings. The van der Waals surface area contributed by atoms with E-state index < -0.39 is 10.0 Å². The fraction of sp³-hybridized carbons (Fsp3) is 0.600. The predicted molar refractivity (Wildman–Crippen MR) is 82.6 cm³/mol. The molecule has 0 fully saturated rings. The summed E-state index contributed by atoms with van der Waals surface area (Å²) in [5.41, 5.74) is 2.00. The third kappa shape index (κ3) is 3.45. The maximum atomic E-state index is 13.0. The molecule has 0 saturated heterocycles. The van der Waals surface area contributed by atoms with Crippen LogP contribution in [0.2, 0.25) is 0 Å². The second-order valence-electron chi connectivity index (χ2n) is 5.61. The maximum absolute atomic E-state index is 13.0. The minimum absolute atomic E-state index is 0.00441. The van der Waals surface area contributed by atoms with E-state index in [9.17, 15) is 8.42 Å². The fourth-order valence-electron chi connectivity index (χ4n) is 2.75. The van der Waals surface area contributed by atoms with E-state index in [1.165, 1.54) is 4.31 Å². The Bertz CT molecular complexity index is 585. The van der Waals surface area contributed by atoms with Gasteiger partial charge in [0.1, 0.15) is 0 Å². The number of hydrogen-bond donors (Lipinski definition) is 2. The molecule has 1 aliphatic rings. The van der Waals surface area contributed by atoms with Gasteiger partial charge >= 0.3 is 0 Å². The molecule has 6 heteroatoms. The molecule has 2 N–H and O–H groups in total. The summed E-state index contributed by atoms with van der Waals surface area (Å²) in [6.45, 7) is 5.60. The molecule has 5 nitrogen and oxygen atoms in total. The highest BCUT2D eigenvalue weighted by atomic mass is 32.2. The molecule has 0 saturated carbocycles. The summed E-state index contributed by atoms with van der Waals surface area (Å²) in [6, 6.07) is 5.37. The summed E-state index contributed by atoms with van der Waals surface area (Å²) < 4.78 is 27.4. The maximum Gasteiger partial charge on any atom is 0.243 e. The van der Waals surface area contributed by atoms with Crippen LogP contribution >= 0.6 is 0 Å². The molecule has 21 heavy (non-hydrogen) atoms. The van der Waals surface area contributed by atoms with Gasteiger partial charge in [0.05, 0.1) is 4.90 Å². The summed E-state index contributed by atoms with van der Waals surface area (Å²) in [4.78, 5) is 0.424. The van der Waals surface area contributed by atoms with Crippen LogP contribution in [0.5, 0.6) is 0 Å². The molecule has 0 aromatic heterocycles. The first-order chi connectivity index (χ1) is 9.98. The second kappa shape index (κ2) is 6.87. The van der Waals surface area contributed by atoms with Crippen molar-refractivity contribution in [2.24, 2.45) is 0 Å². The minimum Gasteiger partial charge on any atom is -0.396 e. The number of hydrogen-bond acceptors (Lipinski definition) is 4. The van der Waals surface area contributed by atoms with Gasteiger partial charge in [0.25, 0.3) is 0 Å². The number of aliphatic hydroxyl groups excluding tert-OH is 1. The molecule has 1 aliphatic heterocycles. The molecule has 0 amide bonds. The lowest BCUT2D eigenvalue weighted by Gasteiger charge is -2.28. The topological polar surface area (TPSA) is 69.6 Å². The van der Waals surface area contributed by atoms with Crippen LogP contribution in [0.1, 0.15) is 31.4 Å². The Morgan fingerprint density at radius 1 is 1.38 bits per heavy atom. The number of benzene rings is 1. The molecular formula is C15H24N2O3S. The van der Waals surface area contributed by atoms with Gasteiger partial charge in [0, 0.05) is 25.7 Å². The summed E-state index contributed by atoms with van der Waals surface area (Å²) >= 11 is 0. The van der Waals surface area contributed by atoms with Crippen molar-refractivity contribution in [3.63, 3.8) is 0 Å². The molecule has 0 spiro atoms. The summed E-state index contributed by atoms with van der Waals surface area (Å²) in [7, 11) is -3.52. The van der Waals surface area contributed by atoms with Crippen molar-refractivity contribution < 1.29 is 13.5 Å². The van der Waals surface area contributed by atoms with Crippen LogP contribution in [0, 0.1) is 0 Å². The van der Waals surface area contributed by atoms with Gasteiger partial charge in [0.15, 0.2) is 0 Å². The van der Waals surface area contributed by atoms with Gasteiger partial charge in [-0.15, -0.1) is 0 Å². The average molecular weight is 312 g/mol. The lowest BCUT2D eigenvalue weighted by molar-refractivity contribution is 0.258. The fourth-order valence-corrected chi connectivity index (χ4v) is 4.72. The first-order valence-corrected chi connectivity index (χ1v) is 8.86. The molecule has 0 atom stereocenters. The predicted octanol–water partition coefficient (Wildman–Crippen LogP) is 1.11. The molecule has 1 aromatic carbocycles. The zero-order valence-electron chi connectivity index (χ0n) is 12.7. The second-order valence-corrected chi connectivity index (χ2v) is 7.47. The number of rotatable bonds is 6. The standard InChI is InChI=1S/C15H24N2O3S/c1-12(2)17(9-4-10-18)21(19,20)15-6-3-5-13-11-16-8-7-14(13)15/h3,5-6,12,16,18H,4,7-11H2,1-2H3. The summed E-state index contributed by atoms with van der Waals surface area (Å²) in [6.07, 6.45) is 1.19. The van der Waals surface area contributed by atoms with Crippen LogP contribution < -0.4 is 5.32 Å². The van der Waals surface area contributed by atoms with Crippen LogP contribution in [0.4, 0.5) is 0 Å². The summed E-state index contributed by atoms with van der Waals surface area (Å²) in [5, 5.41) is 12.3. The first kappa shape index (κ1) is 16.4. The van der Waals surface area contributed by atoms with E-state index in [4.69, 9.17) is 5.11 Å².